The smallest absolute Gasteiger partial charge is 0.278 e. The van der Waals surface area contributed by atoms with Crippen LogP contribution >= 0.6 is 11.6 Å². The van der Waals surface area contributed by atoms with E-state index in [0.29, 0.717) is 40.9 Å². The van der Waals surface area contributed by atoms with Gasteiger partial charge in [0.15, 0.2) is 17.3 Å². The number of rotatable bonds is 8. The highest BCUT2D eigenvalue weighted by Crippen LogP contribution is 2.49. The number of piperidine rings is 1. The Kier molecular flexibility index (Phi) is 7.93. The van der Waals surface area contributed by atoms with E-state index < -0.39 is 11.6 Å². The van der Waals surface area contributed by atoms with Gasteiger partial charge in [-0.15, -0.1) is 0 Å². The van der Waals surface area contributed by atoms with Gasteiger partial charge in [-0.25, -0.2) is 9.37 Å². The van der Waals surface area contributed by atoms with Gasteiger partial charge in [0.2, 0.25) is 0 Å². The highest BCUT2D eigenvalue weighted by atomic mass is 35.5. The molecule has 1 aromatic heterocycles. The quantitative estimate of drug-likeness (QED) is 0.171. The third-order valence-corrected chi connectivity index (χ3v) is 7.68. The summed E-state index contributed by atoms with van der Waals surface area (Å²) in [6.45, 7) is 4.68. The van der Waals surface area contributed by atoms with Gasteiger partial charge in [-0.05, 0) is 74.2 Å². The summed E-state index contributed by atoms with van der Waals surface area (Å²) in [7, 11) is 1.67. The Balaban J connectivity index is 1.30. The van der Waals surface area contributed by atoms with Gasteiger partial charge in [0.05, 0.1) is 17.9 Å². The van der Waals surface area contributed by atoms with Crippen LogP contribution < -0.4 is 15.2 Å². The van der Waals surface area contributed by atoms with Crippen molar-refractivity contribution in [2.45, 2.75) is 44.4 Å². The fraction of sp³-hybridized carbons (Fsp3) is 0.379. The number of benzene rings is 2. The number of amidine groups is 1. The van der Waals surface area contributed by atoms with Gasteiger partial charge in [0.1, 0.15) is 11.5 Å². The van der Waals surface area contributed by atoms with Crippen LogP contribution in [-0.2, 0) is 23.5 Å². The molecule has 1 fully saturated rings. The molecule has 0 spiro atoms. The van der Waals surface area contributed by atoms with Crippen LogP contribution in [0.4, 0.5) is 4.39 Å². The first-order chi connectivity index (χ1) is 18.8. The van der Waals surface area contributed by atoms with Crippen molar-refractivity contribution in [3.63, 3.8) is 0 Å². The number of hydrogen-bond acceptors (Lipinski definition) is 7. The highest BCUT2D eigenvalue weighted by molar-refractivity contribution is 6.30. The average molecular weight is 555 g/mol. The third-order valence-electron chi connectivity index (χ3n) is 7.45. The number of halogens is 2. The van der Waals surface area contributed by atoms with Crippen LogP contribution in [0.2, 0.25) is 5.02 Å². The van der Waals surface area contributed by atoms with Crippen molar-refractivity contribution in [3.8, 4) is 11.5 Å². The number of aromatic nitrogens is 1. The van der Waals surface area contributed by atoms with Crippen molar-refractivity contribution in [2.24, 2.45) is 10.9 Å². The van der Waals surface area contributed by atoms with Crippen molar-refractivity contribution in [1.29, 1.82) is 0 Å². The van der Waals surface area contributed by atoms with Gasteiger partial charge in [0, 0.05) is 31.2 Å². The molecule has 3 N–H and O–H groups in total. The molecule has 0 radical (unpaired) electrons. The summed E-state index contributed by atoms with van der Waals surface area (Å²) >= 11 is 5.95. The Hall–Kier alpha value is -3.40. The zero-order chi connectivity index (χ0) is 27.6. The lowest BCUT2D eigenvalue weighted by Gasteiger charge is -2.33. The van der Waals surface area contributed by atoms with E-state index in [-0.39, 0.29) is 11.8 Å². The summed E-state index contributed by atoms with van der Waals surface area (Å²) in [6.07, 6.45) is 2.56. The molecule has 1 unspecified atom stereocenters. The number of oxime groups is 1. The summed E-state index contributed by atoms with van der Waals surface area (Å²) in [4.78, 5) is 7.04. The Morgan fingerprint density at radius 3 is 2.74 bits per heavy atom. The molecule has 39 heavy (non-hydrogen) atoms. The van der Waals surface area contributed by atoms with Crippen LogP contribution in [0, 0.1) is 5.82 Å². The third kappa shape index (κ3) is 5.66. The molecule has 3 heterocycles. The first kappa shape index (κ1) is 27.2. The van der Waals surface area contributed by atoms with Crippen LogP contribution in [0.1, 0.15) is 53.8 Å². The molecule has 1 saturated heterocycles. The van der Waals surface area contributed by atoms with Gasteiger partial charge in [-0.2, -0.15) is 0 Å². The lowest BCUT2D eigenvalue weighted by atomic mass is 9.88. The van der Waals surface area contributed by atoms with Gasteiger partial charge in [-0.1, -0.05) is 35.0 Å². The number of fused-ring (bicyclic) bond motifs is 1. The fourth-order valence-electron chi connectivity index (χ4n) is 5.35. The lowest BCUT2D eigenvalue weighted by molar-refractivity contribution is -0.0712. The number of pyridine rings is 1. The van der Waals surface area contributed by atoms with E-state index in [1.54, 1.807) is 32.2 Å². The number of ether oxygens (including phenoxy) is 3. The largest absolute Gasteiger partial charge is 0.444 e. The number of hydrogen-bond donors (Lipinski definition) is 2. The Morgan fingerprint density at radius 1 is 1.23 bits per heavy atom. The molecule has 2 aliphatic heterocycles. The lowest BCUT2D eigenvalue weighted by Crippen LogP contribution is -2.34. The zero-order valence-electron chi connectivity index (χ0n) is 22.0. The van der Waals surface area contributed by atoms with Crippen molar-refractivity contribution in [2.75, 3.05) is 26.8 Å². The summed E-state index contributed by atoms with van der Waals surface area (Å²) in [5.74, 6) is -0.215. The molecule has 2 aromatic carbocycles. The zero-order valence-corrected chi connectivity index (χ0v) is 22.7. The monoisotopic (exact) mass is 554 g/mol. The molecule has 2 aliphatic rings. The summed E-state index contributed by atoms with van der Waals surface area (Å²) in [5, 5.41) is 12.5. The molecular weight excluding hydrogens is 523 g/mol. The van der Waals surface area contributed by atoms with Crippen molar-refractivity contribution >= 4 is 17.4 Å². The molecule has 1 atom stereocenters. The van der Waals surface area contributed by atoms with Crippen LogP contribution in [0.3, 0.4) is 0 Å². The topological polar surface area (TPSA) is 102 Å². The molecular formula is C29H32ClFN4O4. The molecule has 0 amide bonds. The van der Waals surface area contributed by atoms with Gasteiger partial charge >= 0.3 is 0 Å². The highest BCUT2D eigenvalue weighted by Gasteiger charge is 2.43. The Morgan fingerprint density at radius 2 is 2.03 bits per heavy atom. The van der Waals surface area contributed by atoms with Crippen LogP contribution in [0.15, 0.2) is 53.7 Å². The van der Waals surface area contributed by atoms with Gasteiger partial charge in [-0.3, -0.25) is 4.90 Å². The fourth-order valence-corrected chi connectivity index (χ4v) is 5.51. The first-order valence-electron chi connectivity index (χ1n) is 13.0. The minimum atomic E-state index is -1.27. The standard InChI is InChI=1S/C29H32ClFN4O4/c1-29(22-8-7-20(30)16-23(22)31)38-26-5-3-4-21(27(26)39-29)18-10-13-35(14-11-18)17-25-19(12-15-37-2)6-9-24(33-25)28(32)34-36/h3-9,16,18,36H,10-15,17H2,1-2H3,(H2,32,34). The van der Waals surface area contributed by atoms with Crippen LogP contribution in [0.25, 0.3) is 0 Å². The summed E-state index contributed by atoms with van der Waals surface area (Å²) < 4.78 is 32.5. The molecule has 0 bridgehead atoms. The molecule has 0 saturated carbocycles. The number of para-hydroxylation sites is 1. The van der Waals surface area contributed by atoms with E-state index in [4.69, 9.17) is 36.8 Å². The van der Waals surface area contributed by atoms with E-state index >= 15 is 0 Å². The maximum Gasteiger partial charge on any atom is 0.278 e. The van der Waals surface area contributed by atoms with E-state index in [1.807, 2.05) is 18.2 Å². The minimum Gasteiger partial charge on any atom is -0.444 e. The Bertz CT molecular complexity index is 1380. The molecule has 5 rings (SSSR count). The summed E-state index contributed by atoms with van der Waals surface area (Å²) in [5.41, 5.74) is 9.58. The average Bonchev–Trinajstić information content (AvgIpc) is 3.29. The molecule has 10 heteroatoms. The number of nitrogens with zero attached hydrogens (tertiary/aromatic N) is 3. The molecule has 0 aliphatic carbocycles. The predicted molar refractivity (Wildman–Crippen MR) is 146 cm³/mol. The number of nitrogens with two attached hydrogens (primary N) is 1. The Labute approximate surface area is 232 Å². The number of methoxy groups -OCH3 is 1. The van der Waals surface area contributed by atoms with Crippen molar-refractivity contribution < 1.29 is 23.8 Å². The number of likely N-dealkylation sites (tertiary alicyclic amines) is 1. The summed E-state index contributed by atoms with van der Waals surface area (Å²) in [6, 6.07) is 14.1. The second-order valence-electron chi connectivity index (χ2n) is 10.0. The maximum atomic E-state index is 14.7. The maximum absolute atomic E-state index is 14.7. The minimum absolute atomic E-state index is 0.0149. The van der Waals surface area contributed by atoms with Gasteiger partial charge in [0.25, 0.3) is 5.79 Å². The second-order valence-corrected chi connectivity index (χ2v) is 10.5. The van der Waals surface area contributed by atoms with E-state index in [0.717, 1.165) is 49.2 Å². The molecule has 3 aromatic rings. The SMILES string of the molecule is COCCc1ccc(C(N)=NO)nc1CN1CCC(c2cccc3c2OC(C)(c2ccc(Cl)cc2F)O3)CC1. The van der Waals surface area contributed by atoms with Crippen molar-refractivity contribution in [3.05, 3.63) is 87.4 Å². The van der Waals surface area contributed by atoms with Crippen LogP contribution in [-0.4, -0.2) is 47.7 Å². The molecule has 206 valence electrons. The first-order valence-corrected chi connectivity index (χ1v) is 13.3. The molecule has 8 nitrogen and oxygen atoms in total. The predicted octanol–water partition coefficient (Wildman–Crippen LogP) is 5.18. The van der Waals surface area contributed by atoms with E-state index in [2.05, 4.69) is 21.1 Å². The van der Waals surface area contributed by atoms with E-state index in [1.165, 1.54) is 6.07 Å². The normalized spacial score (nSPS) is 19.9. The van der Waals surface area contributed by atoms with Gasteiger partial charge < -0.3 is 25.2 Å². The van der Waals surface area contributed by atoms with Crippen molar-refractivity contribution in [1.82, 2.24) is 9.88 Å². The van der Waals surface area contributed by atoms with Crippen LogP contribution in [0.5, 0.6) is 11.5 Å². The van der Waals surface area contributed by atoms with E-state index in [9.17, 15) is 4.39 Å². The second kappa shape index (κ2) is 11.4.